The third-order valence-corrected chi connectivity index (χ3v) is 2.29. The zero-order valence-corrected chi connectivity index (χ0v) is 8.58. The minimum absolute atomic E-state index is 0.0299. The molecule has 0 saturated heterocycles. The van der Waals surface area contributed by atoms with Crippen molar-refractivity contribution in [2.45, 2.75) is 6.18 Å². The SMILES string of the molecule is O=c1ccc(-c2ccccc2)c(C(F)(F)F)[nH]1. The van der Waals surface area contributed by atoms with Crippen molar-refractivity contribution in [1.29, 1.82) is 0 Å². The summed E-state index contributed by atoms with van der Waals surface area (Å²) >= 11 is 0. The molecule has 0 saturated carbocycles. The highest BCUT2D eigenvalue weighted by Gasteiger charge is 2.34. The fraction of sp³-hybridized carbons (Fsp3) is 0.0833. The van der Waals surface area contributed by atoms with E-state index in [1.807, 2.05) is 4.98 Å². The normalized spacial score (nSPS) is 11.5. The van der Waals surface area contributed by atoms with Crippen molar-refractivity contribution >= 4 is 0 Å². The van der Waals surface area contributed by atoms with Gasteiger partial charge in [-0.1, -0.05) is 30.3 Å². The van der Waals surface area contributed by atoms with Crippen LogP contribution in [0.4, 0.5) is 13.2 Å². The number of hydrogen-bond acceptors (Lipinski definition) is 1. The average Bonchev–Trinajstić information content (AvgIpc) is 2.29. The molecule has 17 heavy (non-hydrogen) atoms. The minimum Gasteiger partial charge on any atom is -0.318 e. The van der Waals surface area contributed by atoms with Gasteiger partial charge in [0.2, 0.25) is 5.56 Å². The second-order valence-corrected chi connectivity index (χ2v) is 3.48. The molecule has 0 aliphatic carbocycles. The Morgan fingerprint density at radius 3 is 2.18 bits per heavy atom. The first-order valence-corrected chi connectivity index (χ1v) is 4.84. The van der Waals surface area contributed by atoms with Crippen LogP contribution >= 0.6 is 0 Å². The molecule has 0 fully saturated rings. The molecule has 0 spiro atoms. The van der Waals surface area contributed by atoms with E-state index in [-0.39, 0.29) is 5.56 Å². The quantitative estimate of drug-likeness (QED) is 0.815. The van der Waals surface area contributed by atoms with E-state index in [2.05, 4.69) is 0 Å². The Morgan fingerprint density at radius 2 is 1.59 bits per heavy atom. The summed E-state index contributed by atoms with van der Waals surface area (Å²) in [6.07, 6.45) is -4.58. The second-order valence-electron chi connectivity index (χ2n) is 3.48. The number of nitrogens with one attached hydrogen (secondary N) is 1. The lowest BCUT2D eigenvalue weighted by molar-refractivity contribution is -0.140. The smallest absolute Gasteiger partial charge is 0.318 e. The molecule has 0 unspecified atom stereocenters. The van der Waals surface area contributed by atoms with Crippen LogP contribution in [0.25, 0.3) is 11.1 Å². The second kappa shape index (κ2) is 4.08. The Balaban J connectivity index is 2.67. The molecule has 1 aromatic heterocycles. The lowest BCUT2D eigenvalue weighted by Crippen LogP contribution is -2.17. The molecule has 5 heteroatoms. The van der Waals surface area contributed by atoms with Gasteiger partial charge in [-0.3, -0.25) is 4.79 Å². The summed E-state index contributed by atoms with van der Waals surface area (Å²) < 4.78 is 38.2. The molecule has 88 valence electrons. The predicted molar refractivity (Wildman–Crippen MR) is 57.5 cm³/mol. The molecule has 0 atom stereocenters. The summed E-state index contributed by atoms with van der Waals surface area (Å²) in [6.45, 7) is 0. The fourth-order valence-corrected chi connectivity index (χ4v) is 1.56. The summed E-state index contributed by atoms with van der Waals surface area (Å²) in [6, 6.07) is 10.4. The van der Waals surface area contributed by atoms with Crippen molar-refractivity contribution in [2.24, 2.45) is 0 Å². The molecule has 2 aromatic rings. The highest BCUT2D eigenvalue weighted by atomic mass is 19.4. The number of benzene rings is 1. The van der Waals surface area contributed by atoms with E-state index in [9.17, 15) is 18.0 Å². The predicted octanol–water partition coefficient (Wildman–Crippen LogP) is 3.06. The Morgan fingerprint density at radius 1 is 0.941 bits per heavy atom. The summed E-state index contributed by atoms with van der Waals surface area (Å²) in [7, 11) is 0. The lowest BCUT2D eigenvalue weighted by atomic mass is 10.0. The number of aromatic amines is 1. The summed E-state index contributed by atoms with van der Waals surface area (Å²) in [5, 5.41) is 0. The van der Waals surface area contributed by atoms with Gasteiger partial charge >= 0.3 is 6.18 Å². The van der Waals surface area contributed by atoms with Gasteiger partial charge in [0.15, 0.2) is 0 Å². The topological polar surface area (TPSA) is 32.9 Å². The molecule has 1 N–H and O–H groups in total. The van der Waals surface area contributed by atoms with E-state index in [0.29, 0.717) is 5.56 Å². The third kappa shape index (κ3) is 2.38. The van der Waals surface area contributed by atoms with Crippen molar-refractivity contribution in [3.8, 4) is 11.1 Å². The highest BCUT2D eigenvalue weighted by Crippen LogP contribution is 2.34. The van der Waals surface area contributed by atoms with Gasteiger partial charge in [0.25, 0.3) is 0 Å². The summed E-state index contributed by atoms with van der Waals surface area (Å²) in [5.74, 6) is 0. The third-order valence-electron chi connectivity index (χ3n) is 2.29. The number of H-pyrrole nitrogens is 1. The molecule has 0 bridgehead atoms. The maximum Gasteiger partial charge on any atom is 0.431 e. The van der Waals surface area contributed by atoms with E-state index < -0.39 is 17.4 Å². The largest absolute Gasteiger partial charge is 0.431 e. The number of rotatable bonds is 1. The van der Waals surface area contributed by atoms with Crippen LogP contribution in [-0.2, 0) is 6.18 Å². The van der Waals surface area contributed by atoms with Gasteiger partial charge in [0.05, 0.1) is 0 Å². The Bertz CT molecular complexity index is 572. The highest BCUT2D eigenvalue weighted by molar-refractivity contribution is 5.66. The van der Waals surface area contributed by atoms with Gasteiger partial charge < -0.3 is 4.98 Å². The molecule has 0 aliphatic heterocycles. The maximum absolute atomic E-state index is 12.7. The van der Waals surface area contributed by atoms with Crippen LogP contribution in [0.15, 0.2) is 47.3 Å². The monoisotopic (exact) mass is 239 g/mol. The van der Waals surface area contributed by atoms with Crippen molar-refractivity contribution in [3.05, 3.63) is 58.5 Å². The van der Waals surface area contributed by atoms with Gasteiger partial charge in [-0.15, -0.1) is 0 Å². The minimum atomic E-state index is -4.58. The molecule has 1 heterocycles. The van der Waals surface area contributed by atoms with Gasteiger partial charge in [-0.2, -0.15) is 13.2 Å². The van der Waals surface area contributed by atoms with Crippen molar-refractivity contribution in [3.63, 3.8) is 0 Å². The van der Waals surface area contributed by atoms with Crippen LogP contribution in [-0.4, -0.2) is 4.98 Å². The molecular formula is C12H8F3NO. The molecule has 0 amide bonds. The molecule has 1 aromatic carbocycles. The van der Waals surface area contributed by atoms with Crippen LogP contribution < -0.4 is 5.56 Å². The Kier molecular flexibility index (Phi) is 2.75. The van der Waals surface area contributed by atoms with E-state index in [0.717, 1.165) is 6.07 Å². The van der Waals surface area contributed by atoms with Crippen LogP contribution in [0.3, 0.4) is 0 Å². The van der Waals surface area contributed by atoms with Crippen LogP contribution in [0, 0.1) is 0 Å². The molecule has 0 aliphatic rings. The van der Waals surface area contributed by atoms with Gasteiger partial charge in [-0.05, 0) is 11.6 Å². The summed E-state index contributed by atoms with van der Waals surface area (Å²) in [5.41, 5.74) is -1.40. The molecule has 2 nitrogen and oxygen atoms in total. The van der Waals surface area contributed by atoms with Gasteiger partial charge in [0, 0.05) is 11.6 Å². The van der Waals surface area contributed by atoms with E-state index in [4.69, 9.17) is 0 Å². The summed E-state index contributed by atoms with van der Waals surface area (Å²) in [4.78, 5) is 12.8. The van der Waals surface area contributed by atoms with Gasteiger partial charge in [-0.25, -0.2) is 0 Å². The van der Waals surface area contributed by atoms with Crippen molar-refractivity contribution in [1.82, 2.24) is 4.98 Å². The first-order valence-electron chi connectivity index (χ1n) is 4.84. The van der Waals surface area contributed by atoms with Gasteiger partial charge in [0.1, 0.15) is 5.69 Å². The van der Waals surface area contributed by atoms with E-state index >= 15 is 0 Å². The first-order chi connectivity index (χ1) is 7.98. The van der Waals surface area contributed by atoms with E-state index in [1.165, 1.54) is 6.07 Å². The van der Waals surface area contributed by atoms with E-state index in [1.54, 1.807) is 30.3 Å². The van der Waals surface area contributed by atoms with Crippen molar-refractivity contribution in [2.75, 3.05) is 0 Å². The molecule has 0 radical (unpaired) electrons. The average molecular weight is 239 g/mol. The number of pyridine rings is 1. The zero-order chi connectivity index (χ0) is 12.5. The maximum atomic E-state index is 12.7. The fourth-order valence-electron chi connectivity index (χ4n) is 1.56. The number of aromatic nitrogens is 1. The van der Waals surface area contributed by atoms with Crippen LogP contribution in [0.1, 0.15) is 5.69 Å². The number of alkyl halides is 3. The Hall–Kier alpha value is -2.04. The number of hydrogen-bond donors (Lipinski definition) is 1. The van der Waals surface area contributed by atoms with Crippen molar-refractivity contribution < 1.29 is 13.2 Å². The van der Waals surface area contributed by atoms with Crippen LogP contribution in [0.5, 0.6) is 0 Å². The lowest BCUT2D eigenvalue weighted by Gasteiger charge is -2.11. The zero-order valence-electron chi connectivity index (χ0n) is 8.58. The Labute approximate surface area is 94.7 Å². The van der Waals surface area contributed by atoms with Crippen LogP contribution in [0.2, 0.25) is 0 Å². The number of halogens is 3. The molecule has 2 rings (SSSR count). The first kappa shape index (κ1) is 11.4. The standard InChI is InChI=1S/C12H8F3NO/c13-12(14,15)11-9(6-7-10(17)16-11)8-4-2-1-3-5-8/h1-7H,(H,16,17). The molecular weight excluding hydrogens is 231 g/mol.